The van der Waals surface area contributed by atoms with Crippen LogP contribution in [0.4, 0.5) is 10.1 Å². The molecule has 124 valence electrons. The molecule has 7 heteroatoms. The van der Waals surface area contributed by atoms with E-state index in [0.717, 1.165) is 6.08 Å². The van der Waals surface area contributed by atoms with Gasteiger partial charge in [0.1, 0.15) is 16.5 Å². The fraction of sp³-hybridized carbons (Fsp3) is 0.118. The lowest BCUT2D eigenvalue weighted by atomic mass is 10.0. The van der Waals surface area contributed by atoms with Crippen molar-refractivity contribution in [2.75, 3.05) is 11.9 Å². The molecule has 0 saturated carbocycles. The maximum Gasteiger partial charge on any atom is 0.339 e. The first-order chi connectivity index (χ1) is 11.4. The van der Waals surface area contributed by atoms with Crippen molar-refractivity contribution >= 4 is 35.1 Å². The Kier molecular flexibility index (Phi) is 5.65. The maximum absolute atomic E-state index is 14.0. The minimum Gasteiger partial charge on any atom is -0.478 e. The van der Waals surface area contributed by atoms with E-state index in [9.17, 15) is 19.1 Å². The molecule has 0 atom stereocenters. The Morgan fingerprint density at radius 3 is 2.75 bits per heavy atom. The summed E-state index contributed by atoms with van der Waals surface area (Å²) >= 11 is 5.83. The van der Waals surface area contributed by atoms with Gasteiger partial charge in [-0.05, 0) is 43.3 Å². The molecule has 0 amide bonds. The molecule has 24 heavy (non-hydrogen) atoms. The van der Waals surface area contributed by atoms with Crippen molar-refractivity contribution in [3.8, 4) is 0 Å². The molecule has 0 bridgehead atoms. The molecular weight excluding hydrogens is 335 g/mol. The Hall–Kier alpha value is -2.73. The molecule has 0 unspecified atom stereocenters. The lowest BCUT2D eigenvalue weighted by Crippen LogP contribution is -2.13. The van der Waals surface area contributed by atoms with Crippen molar-refractivity contribution in [2.24, 2.45) is 0 Å². The van der Waals surface area contributed by atoms with Crippen LogP contribution in [0, 0.1) is 5.82 Å². The summed E-state index contributed by atoms with van der Waals surface area (Å²) in [5.41, 5.74) is -0.0607. The van der Waals surface area contributed by atoms with E-state index in [-0.39, 0.29) is 16.3 Å². The number of hydrogen-bond donors (Lipinski definition) is 2. The van der Waals surface area contributed by atoms with Crippen LogP contribution in [0.5, 0.6) is 0 Å². The second-order valence-electron chi connectivity index (χ2n) is 4.80. The van der Waals surface area contributed by atoms with Crippen LogP contribution in [-0.2, 0) is 4.79 Å². The van der Waals surface area contributed by atoms with Crippen molar-refractivity contribution in [3.05, 3.63) is 64.2 Å². The van der Waals surface area contributed by atoms with Crippen molar-refractivity contribution in [1.82, 2.24) is 4.98 Å². The van der Waals surface area contributed by atoms with Crippen LogP contribution in [0.1, 0.15) is 22.8 Å². The molecule has 0 fully saturated rings. The summed E-state index contributed by atoms with van der Waals surface area (Å²) in [6.07, 6.45) is 2.37. The summed E-state index contributed by atoms with van der Waals surface area (Å²) in [5.74, 6) is -2.96. The molecule has 0 spiro atoms. The monoisotopic (exact) mass is 348 g/mol. The average molecular weight is 349 g/mol. The molecular formula is C17H14ClFN2O3. The summed E-state index contributed by atoms with van der Waals surface area (Å²) in [7, 11) is 0. The number of benzene rings is 1. The van der Waals surface area contributed by atoms with Crippen LogP contribution in [0.15, 0.2) is 42.1 Å². The number of carboxylic acid groups (broad SMARTS) is 1. The Balaban J connectivity index is 2.50. The highest BCUT2D eigenvalue weighted by Crippen LogP contribution is 2.21. The molecule has 2 N–H and O–H groups in total. The van der Waals surface area contributed by atoms with Crippen LogP contribution in [0.3, 0.4) is 0 Å². The molecule has 0 aliphatic carbocycles. The third kappa shape index (κ3) is 3.97. The van der Waals surface area contributed by atoms with Crippen molar-refractivity contribution in [1.29, 1.82) is 0 Å². The zero-order chi connectivity index (χ0) is 17.7. The van der Waals surface area contributed by atoms with Gasteiger partial charge in [0.15, 0.2) is 0 Å². The van der Waals surface area contributed by atoms with Gasteiger partial charge in [0.05, 0.1) is 5.56 Å². The third-order valence-electron chi connectivity index (χ3n) is 3.16. The fourth-order valence-corrected chi connectivity index (χ4v) is 2.25. The molecule has 0 radical (unpaired) electrons. The van der Waals surface area contributed by atoms with Gasteiger partial charge in [0.25, 0.3) is 0 Å². The molecule has 0 saturated heterocycles. The number of carbonyl (C=O) groups is 2. The predicted octanol–water partition coefficient (Wildman–Crippen LogP) is 3.66. The van der Waals surface area contributed by atoms with E-state index in [1.54, 1.807) is 0 Å². The normalized spacial score (nSPS) is 11.2. The van der Waals surface area contributed by atoms with E-state index in [1.807, 2.05) is 6.92 Å². The topological polar surface area (TPSA) is 79.3 Å². The molecule has 1 aromatic carbocycles. The largest absolute Gasteiger partial charge is 0.478 e. The summed E-state index contributed by atoms with van der Waals surface area (Å²) in [6.45, 7) is 2.49. The minimum absolute atomic E-state index is 0.0146. The summed E-state index contributed by atoms with van der Waals surface area (Å²) in [6, 6.07) is 6.98. The van der Waals surface area contributed by atoms with Crippen LogP contribution in [-0.4, -0.2) is 28.4 Å². The number of pyridine rings is 1. The lowest BCUT2D eigenvalue weighted by Gasteiger charge is -2.07. The van der Waals surface area contributed by atoms with Gasteiger partial charge in [-0.15, -0.1) is 0 Å². The van der Waals surface area contributed by atoms with Gasteiger partial charge in [-0.25, -0.2) is 14.2 Å². The number of hydrogen-bond acceptors (Lipinski definition) is 4. The zero-order valence-corrected chi connectivity index (χ0v) is 13.5. The van der Waals surface area contributed by atoms with Gasteiger partial charge in [0.2, 0.25) is 5.78 Å². The van der Waals surface area contributed by atoms with Crippen LogP contribution < -0.4 is 5.32 Å². The number of aliphatic carboxylic acids is 1. The number of carbonyl (C=O) groups excluding carboxylic acids is 1. The molecule has 2 rings (SSSR count). The fourth-order valence-electron chi connectivity index (χ4n) is 2.05. The molecule has 0 aliphatic heterocycles. The van der Waals surface area contributed by atoms with Gasteiger partial charge in [0, 0.05) is 24.0 Å². The van der Waals surface area contributed by atoms with E-state index >= 15 is 0 Å². The molecule has 1 heterocycles. The van der Waals surface area contributed by atoms with Gasteiger partial charge < -0.3 is 10.4 Å². The second kappa shape index (κ2) is 7.70. The van der Waals surface area contributed by atoms with E-state index in [2.05, 4.69) is 10.3 Å². The first-order valence-corrected chi connectivity index (χ1v) is 7.45. The Labute approximate surface area is 142 Å². The molecule has 0 aliphatic rings. The van der Waals surface area contributed by atoms with Gasteiger partial charge in [-0.3, -0.25) is 4.79 Å². The standard InChI is InChI=1S/C17H14ClFN2O3/c1-2-20-11-5-6-14(19)10(8-11)9-13(17(23)24)15(22)12-4-3-7-21-16(12)18/h3-9,20H,2H2,1H3,(H,23,24). The van der Waals surface area contributed by atoms with Crippen molar-refractivity contribution < 1.29 is 19.1 Å². The first kappa shape index (κ1) is 17.6. The number of ketones is 1. The highest BCUT2D eigenvalue weighted by Gasteiger charge is 2.22. The maximum atomic E-state index is 14.0. The smallest absolute Gasteiger partial charge is 0.339 e. The number of nitrogens with one attached hydrogen (secondary N) is 1. The predicted molar refractivity (Wildman–Crippen MR) is 89.8 cm³/mol. The molecule has 1 aromatic heterocycles. The van der Waals surface area contributed by atoms with Crippen molar-refractivity contribution in [3.63, 3.8) is 0 Å². The zero-order valence-electron chi connectivity index (χ0n) is 12.7. The number of Topliss-reactive ketones (excluding diaryl/α,β-unsaturated/α-hetero) is 1. The van der Waals surface area contributed by atoms with Crippen molar-refractivity contribution in [2.45, 2.75) is 6.92 Å². The average Bonchev–Trinajstić information content (AvgIpc) is 2.55. The van der Waals surface area contributed by atoms with E-state index < -0.39 is 23.1 Å². The van der Waals surface area contributed by atoms with Gasteiger partial charge >= 0.3 is 5.97 Å². The number of rotatable bonds is 6. The number of halogens is 2. The highest BCUT2D eigenvalue weighted by molar-refractivity contribution is 6.36. The summed E-state index contributed by atoms with van der Waals surface area (Å²) in [4.78, 5) is 27.6. The van der Waals surface area contributed by atoms with Crippen LogP contribution in [0.25, 0.3) is 6.08 Å². The van der Waals surface area contributed by atoms with Gasteiger partial charge in [-0.2, -0.15) is 0 Å². The first-order valence-electron chi connectivity index (χ1n) is 7.07. The van der Waals surface area contributed by atoms with Gasteiger partial charge in [-0.1, -0.05) is 11.6 Å². The Bertz CT molecular complexity index is 821. The Morgan fingerprint density at radius 2 is 2.12 bits per heavy atom. The summed E-state index contributed by atoms with van der Waals surface area (Å²) < 4.78 is 14.0. The molecule has 2 aromatic rings. The minimum atomic E-state index is -1.48. The van der Waals surface area contributed by atoms with Crippen LogP contribution >= 0.6 is 11.6 Å². The number of aromatic nitrogens is 1. The quantitative estimate of drug-likeness (QED) is 0.274. The molecule has 5 nitrogen and oxygen atoms in total. The second-order valence-corrected chi connectivity index (χ2v) is 5.16. The van der Waals surface area contributed by atoms with E-state index in [1.165, 1.54) is 36.5 Å². The van der Waals surface area contributed by atoms with Crippen LogP contribution in [0.2, 0.25) is 5.15 Å². The number of anilines is 1. The van der Waals surface area contributed by atoms with E-state index in [4.69, 9.17) is 11.6 Å². The number of carboxylic acids is 1. The van der Waals surface area contributed by atoms with E-state index in [0.29, 0.717) is 12.2 Å². The third-order valence-corrected chi connectivity index (χ3v) is 3.46. The highest BCUT2D eigenvalue weighted by atomic mass is 35.5. The Morgan fingerprint density at radius 1 is 1.38 bits per heavy atom. The lowest BCUT2D eigenvalue weighted by molar-refractivity contribution is -0.132. The SMILES string of the molecule is CCNc1ccc(F)c(C=C(C(=O)O)C(=O)c2cccnc2Cl)c1. The summed E-state index contributed by atoms with van der Waals surface area (Å²) in [5, 5.41) is 12.2. The number of nitrogens with zero attached hydrogens (tertiary/aromatic N) is 1.